The highest BCUT2D eigenvalue weighted by atomic mass is 32.1. The van der Waals surface area contributed by atoms with Gasteiger partial charge in [0.25, 0.3) is 5.91 Å². The van der Waals surface area contributed by atoms with E-state index in [9.17, 15) is 9.59 Å². The van der Waals surface area contributed by atoms with Gasteiger partial charge in [-0.05, 0) is 36.9 Å². The van der Waals surface area contributed by atoms with Gasteiger partial charge in [-0.15, -0.1) is 5.10 Å². The number of nitrogens with one attached hydrogen (secondary N) is 1. The van der Waals surface area contributed by atoms with Crippen LogP contribution in [0.5, 0.6) is 0 Å². The van der Waals surface area contributed by atoms with Gasteiger partial charge in [0.05, 0.1) is 11.7 Å². The first-order valence-corrected chi connectivity index (χ1v) is 7.65. The lowest BCUT2D eigenvalue weighted by Gasteiger charge is -2.24. The third-order valence-electron chi connectivity index (χ3n) is 3.65. The van der Waals surface area contributed by atoms with Crippen LogP contribution in [0.1, 0.15) is 46.9 Å². The van der Waals surface area contributed by atoms with E-state index in [1.165, 1.54) is 6.20 Å². The number of carbonyl (C=O) groups is 1. The van der Waals surface area contributed by atoms with E-state index in [-0.39, 0.29) is 17.6 Å². The SMILES string of the molecule is CCc1nnsc1C(=O)N1CCCC1c1ccnc(=O)[nH]1. The molecule has 1 N–H and O–H groups in total. The molecule has 1 atom stereocenters. The molecule has 0 aromatic carbocycles. The zero-order valence-electron chi connectivity index (χ0n) is 11.6. The monoisotopic (exact) mass is 305 g/mol. The van der Waals surface area contributed by atoms with Crippen LogP contribution in [0.4, 0.5) is 0 Å². The van der Waals surface area contributed by atoms with Crippen molar-refractivity contribution < 1.29 is 4.79 Å². The number of hydrogen-bond acceptors (Lipinski definition) is 6. The molecule has 0 spiro atoms. The fraction of sp³-hybridized carbons (Fsp3) is 0.462. The number of aromatic nitrogens is 4. The van der Waals surface area contributed by atoms with Crippen LogP contribution >= 0.6 is 11.5 Å². The van der Waals surface area contributed by atoms with E-state index >= 15 is 0 Å². The summed E-state index contributed by atoms with van der Waals surface area (Å²) in [5.41, 5.74) is 1.08. The average Bonchev–Trinajstić information content (AvgIpc) is 3.15. The summed E-state index contributed by atoms with van der Waals surface area (Å²) in [5.74, 6) is -0.0537. The van der Waals surface area contributed by atoms with Gasteiger partial charge in [0.15, 0.2) is 0 Å². The van der Waals surface area contributed by atoms with Gasteiger partial charge < -0.3 is 9.88 Å². The maximum Gasteiger partial charge on any atom is 0.345 e. The fourth-order valence-corrected chi connectivity index (χ4v) is 3.35. The summed E-state index contributed by atoms with van der Waals surface area (Å²) in [6.45, 7) is 2.63. The summed E-state index contributed by atoms with van der Waals surface area (Å²) in [6, 6.07) is 1.64. The lowest BCUT2D eigenvalue weighted by Crippen LogP contribution is -2.32. The van der Waals surface area contributed by atoms with E-state index in [2.05, 4.69) is 19.6 Å². The molecule has 110 valence electrons. The molecule has 7 nitrogen and oxygen atoms in total. The van der Waals surface area contributed by atoms with Gasteiger partial charge in [-0.3, -0.25) is 4.79 Å². The second kappa shape index (κ2) is 5.72. The zero-order valence-corrected chi connectivity index (χ0v) is 12.4. The van der Waals surface area contributed by atoms with Crippen molar-refractivity contribution in [1.29, 1.82) is 0 Å². The lowest BCUT2D eigenvalue weighted by molar-refractivity contribution is 0.0736. The van der Waals surface area contributed by atoms with Crippen molar-refractivity contribution in [1.82, 2.24) is 24.5 Å². The minimum Gasteiger partial charge on any atom is -0.329 e. The highest BCUT2D eigenvalue weighted by Gasteiger charge is 2.33. The molecule has 1 amide bonds. The van der Waals surface area contributed by atoms with Crippen molar-refractivity contribution >= 4 is 17.4 Å². The Hall–Kier alpha value is -2.09. The molecule has 8 heteroatoms. The Bertz CT molecular complexity index is 710. The summed E-state index contributed by atoms with van der Waals surface area (Å²) < 4.78 is 3.87. The maximum atomic E-state index is 12.7. The summed E-state index contributed by atoms with van der Waals surface area (Å²) in [4.78, 5) is 32.8. The third-order valence-corrected chi connectivity index (χ3v) is 4.41. The molecule has 3 heterocycles. The largest absolute Gasteiger partial charge is 0.345 e. The van der Waals surface area contributed by atoms with E-state index in [1.807, 2.05) is 6.92 Å². The van der Waals surface area contributed by atoms with Crippen LogP contribution < -0.4 is 5.69 Å². The number of likely N-dealkylation sites (tertiary alicyclic amines) is 1. The molecule has 0 saturated carbocycles. The highest BCUT2D eigenvalue weighted by molar-refractivity contribution is 7.08. The Kier molecular flexibility index (Phi) is 3.78. The Balaban J connectivity index is 1.91. The second-order valence-corrected chi connectivity index (χ2v) is 5.64. The molecule has 0 radical (unpaired) electrons. The van der Waals surface area contributed by atoms with Gasteiger partial charge in [0.1, 0.15) is 4.88 Å². The number of aryl methyl sites for hydroxylation is 1. The number of carbonyl (C=O) groups excluding carboxylic acids is 1. The van der Waals surface area contributed by atoms with Crippen LogP contribution in [0.25, 0.3) is 0 Å². The van der Waals surface area contributed by atoms with Crippen molar-refractivity contribution in [3.63, 3.8) is 0 Å². The van der Waals surface area contributed by atoms with E-state index in [4.69, 9.17) is 0 Å². The van der Waals surface area contributed by atoms with Crippen molar-refractivity contribution in [2.75, 3.05) is 6.54 Å². The highest BCUT2D eigenvalue weighted by Crippen LogP contribution is 2.32. The predicted molar refractivity (Wildman–Crippen MR) is 77.2 cm³/mol. The standard InChI is InChI=1S/C13H15N5O2S/c1-2-8-11(21-17-16-8)12(19)18-7-3-4-10(18)9-5-6-14-13(20)15-9/h5-6,10H,2-4,7H2,1H3,(H,14,15,20). The van der Waals surface area contributed by atoms with Crippen LogP contribution in [0.2, 0.25) is 0 Å². The van der Waals surface area contributed by atoms with Gasteiger partial charge in [-0.1, -0.05) is 11.4 Å². The van der Waals surface area contributed by atoms with Crippen LogP contribution in [0, 0.1) is 0 Å². The smallest absolute Gasteiger partial charge is 0.329 e. The van der Waals surface area contributed by atoms with Gasteiger partial charge in [0.2, 0.25) is 0 Å². The molecular formula is C13H15N5O2S. The van der Waals surface area contributed by atoms with E-state index < -0.39 is 0 Å². The molecular weight excluding hydrogens is 290 g/mol. The average molecular weight is 305 g/mol. The normalized spacial score (nSPS) is 18.1. The number of H-pyrrole nitrogens is 1. The van der Waals surface area contributed by atoms with Crippen LogP contribution in [-0.4, -0.2) is 36.9 Å². The van der Waals surface area contributed by atoms with Crippen LogP contribution in [0.15, 0.2) is 17.1 Å². The van der Waals surface area contributed by atoms with Crippen molar-refractivity contribution in [2.45, 2.75) is 32.2 Å². The Morgan fingerprint density at radius 2 is 2.43 bits per heavy atom. The molecule has 0 bridgehead atoms. The summed E-state index contributed by atoms with van der Waals surface area (Å²) in [7, 11) is 0. The van der Waals surface area contributed by atoms with Crippen LogP contribution in [0.3, 0.4) is 0 Å². The molecule has 3 rings (SSSR count). The zero-order chi connectivity index (χ0) is 14.8. The minimum absolute atomic E-state index is 0.0537. The van der Waals surface area contributed by atoms with Crippen molar-refractivity contribution in [3.8, 4) is 0 Å². The molecule has 1 aliphatic heterocycles. The van der Waals surface area contributed by atoms with Gasteiger partial charge >= 0.3 is 5.69 Å². The predicted octanol–water partition coefficient (Wildman–Crippen LogP) is 1.16. The molecule has 1 saturated heterocycles. The summed E-state index contributed by atoms with van der Waals surface area (Å²) >= 11 is 1.13. The quantitative estimate of drug-likeness (QED) is 0.918. The fourth-order valence-electron chi connectivity index (χ4n) is 2.64. The first-order valence-electron chi connectivity index (χ1n) is 6.88. The molecule has 1 unspecified atom stereocenters. The van der Waals surface area contributed by atoms with E-state index in [1.54, 1.807) is 11.0 Å². The number of rotatable bonds is 3. The number of amides is 1. The minimum atomic E-state index is -0.388. The molecule has 1 fully saturated rings. The van der Waals surface area contributed by atoms with E-state index in [0.29, 0.717) is 17.8 Å². The second-order valence-electron chi connectivity index (χ2n) is 4.89. The molecule has 1 aliphatic rings. The maximum absolute atomic E-state index is 12.7. The first-order chi connectivity index (χ1) is 10.2. The Morgan fingerprint density at radius 1 is 1.57 bits per heavy atom. The summed E-state index contributed by atoms with van der Waals surface area (Å²) in [5, 5.41) is 3.99. The summed E-state index contributed by atoms with van der Waals surface area (Å²) in [6.07, 6.45) is 3.90. The number of hydrogen-bond donors (Lipinski definition) is 1. The van der Waals surface area contributed by atoms with Gasteiger partial charge in [0, 0.05) is 18.4 Å². The molecule has 0 aliphatic carbocycles. The number of aromatic amines is 1. The first kappa shape index (κ1) is 13.9. The Labute approximate surface area is 125 Å². The molecule has 21 heavy (non-hydrogen) atoms. The van der Waals surface area contributed by atoms with Crippen molar-refractivity contribution in [3.05, 3.63) is 39.0 Å². The van der Waals surface area contributed by atoms with Gasteiger partial charge in [-0.25, -0.2) is 9.78 Å². The number of nitrogens with zero attached hydrogens (tertiary/aromatic N) is 4. The van der Waals surface area contributed by atoms with Crippen LogP contribution in [-0.2, 0) is 6.42 Å². The van der Waals surface area contributed by atoms with Gasteiger partial charge in [-0.2, -0.15) is 0 Å². The molecule has 2 aromatic heterocycles. The third kappa shape index (κ3) is 2.58. The van der Waals surface area contributed by atoms with Crippen molar-refractivity contribution in [2.24, 2.45) is 0 Å². The topological polar surface area (TPSA) is 91.8 Å². The van der Waals surface area contributed by atoms with E-state index in [0.717, 1.165) is 35.8 Å². The Morgan fingerprint density at radius 3 is 3.19 bits per heavy atom. The molecule has 2 aromatic rings. The lowest BCUT2D eigenvalue weighted by atomic mass is 10.1.